The van der Waals surface area contributed by atoms with Crippen molar-refractivity contribution in [2.75, 3.05) is 19.0 Å². The summed E-state index contributed by atoms with van der Waals surface area (Å²) < 4.78 is 48.9. The summed E-state index contributed by atoms with van der Waals surface area (Å²) in [7, 11) is 1.42. The van der Waals surface area contributed by atoms with E-state index in [-0.39, 0.29) is 12.3 Å². The van der Waals surface area contributed by atoms with Gasteiger partial charge < -0.3 is 14.8 Å². The number of benzene rings is 2. The number of halogens is 4. The number of anilines is 1. The van der Waals surface area contributed by atoms with Crippen molar-refractivity contribution in [1.82, 2.24) is 0 Å². The van der Waals surface area contributed by atoms with Gasteiger partial charge in [0.05, 0.1) is 17.7 Å². The smallest absolute Gasteiger partial charge is 0.417 e. The number of carbonyl (C=O) groups is 1. The average molecular weight is 411 g/mol. The summed E-state index contributed by atoms with van der Waals surface area (Å²) in [4.78, 5) is 12.0. The van der Waals surface area contributed by atoms with Gasteiger partial charge in [0.1, 0.15) is 6.07 Å². The van der Waals surface area contributed by atoms with E-state index in [0.29, 0.717) is 17.1 Å². The summed E-state index contributed by atoms with van der Waals surface area (Å²) in [5, 5.41) is 10.4. The molecule has 5 nitrogen and oxygen atoms in total. The number of amides is 1. The molecule has 0 spiro atoms. The van der Waals surface area contributed by atoms with Crippen molar-refractivity contribution < 1.29 is 27.4 Å². The lowest BCUT2D eigenvalue weighted by atomic mass is 10.1. The molecule has 0 heterocycles. The van der Waals surface area contributed by atoms with Crippen molar-refractivity contribution in [1.29, 1.82) is 5.26 Å². The van der Waals surface area contributed by atoms with E-state index in [1.807, 2.05) is 6.07 Å². The lowest BCUT2D eigenvalue weighted by Gasteiger charge is -2.11. The highest BCUT2D eigenvalue weighted by atomic mass is 35.5. The third-order valence-corrected chi connectivity index (χ3v) is 3.78. The Morgan fingerprint density at radius 1 is 1.25 bits per heavy atom. The topological polar surface area (TPSA) is 71.3 Å². The molecule has 0 saturated carbocycles. The average Bonchev–Trinajstić information content (AvgIpc) is 2.65. The number of ether oxygens (including phenoxy) is 2. The second-order valence-electron chi connectivity index (χ2n) is 5.37. The zero-order valence-electron chi connectivity index (χ0n) is 14.5. The van der Waals surface area contributed by atoms with E-state index in [9.17, 15) is 18.0 Å². The molecule has 2 rings (SSSR count). The van der Waals surface area contributed by atoms with Crippen LogP contribution in [0.1, 0.15) is 11.1 Å². The molecular weight excluding hydrogens is 397 g/mol. The van der Waals surface area contributed by atoms with Gasteiger partial charge in [0.2, 0.25) is 5.91 Å². The van der Waals surface area contributed by atoms with Crippen LogP contribution >= 0.6 is 11.6 Å². The third-order valence-electron chi connectivity index (χ3n) is 3.45. The van der Waals surface area contributed by atoms with Crippen LogP contribution in [-0.4, -0.2) is 19.6 Å². The van der Waals surface area contributed by atoms with Crippen LogP contribution in [0.4, 0.5) is 18.9 Å². The van der Waals surface area contributed by atoms with Crippen LogP contribution in [0, 0.1) is 11.3 Å². The number of hydrogen-bond acceptors (Lipinski definition) is 4. The maximum Gasteiger partial charge on any atom is 0.417 e. The normalized spacial score (nSPS) is 11.1. The minimum Gasteiger partial charge on any atom is -0.493 e. The number of hydrogen-bond donors (Lipinski definition) is 1. The number of nitrogens with zero attached hydrogens (tertiary/aromatic N) is 1. The molecule has 0 aliphatic rings. The summed E-state index contributed by atoms with van der Waals surface area (Å²) in [6.45, 7) is -0.144. The Labute approximate surface area is 163 Å². The standard InChI is InChI=1S/C19H14ClF3N2O3/c1-27-17-10-12(2-6-16(17)28-9-8-24)3-7-18(26)25-13-4-5-15(20)14(11-13)19(21,22)23/h2-7,10-11H,9H2,1H3,(H,25,26). The van der Waals surface area contributed by atoms with Crippen LogP contribution in [0.15, 0.2) is 42.5 Å². The zero-order chi connectivity index (χ0) is 20.7. The molecule has 0 atom stereocenters. The van der Waals surface area contributed by atoms with Crippen molar-refractivity contribution in [3.8, 4) is 17.6 Å². The Hall–Kier alpha value is -3.18. The van der Waals surface area contributed by atoms with Gasteiger partial charge >= 0.3 is 6.18 Å². The van der Waals surface area contributed by atoms with Crippen LogP contribution in [-0.2, 0) is 11.0 Å². The van der Waals surface area contributed by atoms with E-state index in [1.165, 1.54) is 19.3 Å². The monoisotopic (exact) mass is 410 g/mol. The first-order valence-electron chi connectivity index (χ1n) is 7.78. The minimum atomic E-state index is -4.63. The molecule has 2 aromatic carbocycles. The highest BCUT2D eigenvalue weighted by molar-refractivity contribution is 6.31. The van der Waals surface area contributed by atoms with E-state index in [1.54, 1.807) is 18.2 Å². The van der Waals surface area contributed by atoms with Gasteiger partial charge in [-0.15, -0.1) is 0 Å². The quantitative estimate of drug-likeness (QED) is 0.686. The summed E-state index contributed by atoms with van der Waals surface area (Å²) >= 11 is 5.55. The van der Waals surface area contributed by atoms with Crippen molar-refractivity contribution in [2.24, 2.45) is 0 Å². The Morgan fingerprint density at radius 3 is 2.64 bits per heavy atom. The Morgan fingerprint density at radius 2 is 2.00 bits per heavy atom. The number of carbonyl (C=O) groups excluding carboxylic acids is 1. The maximum absolute atomic E-state index is 12.9. The summed E-state index contributed by atoms with van der Waals surface area (Å²) in [5.74, 6) is 0.107. The molecule has 0 aliphatic heterocycles. The fourth-order valence-electron chi connectivity index (χ4n) is 2.19. The van der Waals surface area contributed by atoms with Crippen molar-refractivity contribution in [2.45, 2.75) is 6.18 Å². The number of methoxy groups -OCH3 is 1. The van der Waals surface area contributed by atoms with Crippen LogP contribution < -0.4 is 14.8 Å². The Kier molecular flexibility index (Phi) is 6.90. The van der Waals surface area contributed by atoms with Gasteiger partial charge in [0.15, 0.2) is 18.1 Å². The molecule has 0 aliphatic carbocycles. The van der Waals surface area contributed by atoms with Gasteiger partial charge in [-0.1, -0.05) is 17.7 Å². The highest BCUT2D eigenvalue weighted by Crippen LogP contribution is 2.36. The second kappa shape index (κ2) is 9.15. The lowest BCUT2D eigenvalue weighted by molar-refractivity contribution is -0.137. The molecule has 9 heteroatoms. The highest BCUT2D eigenvalue weighted by Gasteiger charge is 2.33. The van der Waals surface area contributed by atoms with E-state index in [0.717, 1.165) is 18.2 Å². The van der Waals surface area contributed by atoms with Crippen molar-refractivity contribution >= 4 is 29.3 Å². The second-order valence-corrected chi connectivity index (χ2v) is 5.78. The van der Waals surface area contributed by atoms with Crippen LogP contribution in [0.25, 0.3) is 6.08 Å². The molecule has 0 bridgehead atoms. The molecule has 1 N–H and O–H groups in total. The van der Waals surface area contributed by atoms with Crippen LogP contribution in [0.3, 0.4) is 0 Å². The Bertz CT molecular complexity index is 937. The molecule has 0 aromatic heterocycles. The van der Waals surface area contributed by atoms with Gasteiger partial charge in [-0.25, -0.2) is 0 Å². The molecule has 0 radical (unpaired) electrons. The predicted molar refractivity (Wildman–Crippen MR) is 98.2 cm³/mol. The number of nitriles is 1. The third kappa shape index (κ3) is 5.66. The number of rotatable bonds is 6. The van der Waals surface area contributed by atoms with Gasteiger partial charge in [0.25, 0.3) is 0 Å². The van der Waals surface area contributed by atoms with Gasteiger partial charge in [-0.2, -0.15) is 18.4 Å². The Balaban J connectivity index is 2.11. The van der Waals surface area contributed by atoms with E-state index < -0.39 is 22.7 Å². The first kappa shape index (κ1) is 21.1. The van der Waals surface area contributed by atoms with E-state index in [2.05, 4.69) is 5.32 Å². The maximum atomic E-state index is 12.9. The first-order chi connectivity index (χ1) is 13.2. The zero-order valence-corrected chi connectivity index (χ0v) is 15.3. The van der Waals surface area contributed by atoms with Crippen LogP contribution in [0.2, 0.25) is 5.02 Å². The fourth-order valence-corrected chi connectivity index (χ4v) is 2.42. The SMILES string of the molecule is COc1cc(C=CC(=O)Nc2ccc(Cl)c(C(F)(F)F)c2)ccc1OCC#N. The molecule has 28 heavy (non-hydrogen) atoms. The van der Waals surface area contributed by atoms with E-state index in [4.69, 9.17) is 26.3 Å². The molecule has 1 amide bonds. The summed E-state index contributed by atoms with van der Waals surface area (Å²) in [6.07, 6.45) is -2.02. The first-order valence-corrected chi connectivity index (χ1v) is 8.16. The molecule has 2 aromatic rings. The number of nitrogens with one attached hydrogen (secondary N) is 1. The molecule has 0 fully saturated rings. The molecule has 0 unspecified atom stereocenters. The van der Waals surface area contributed by atoms with Crippen molar-refractivity contribution in [3.63, 3.8) is 0 Å². The van der Waals surface area contributed by atoms with Crippen molar-refractivity contribution in [3.05, 3.63) is 58.6 Å². The largest absolute Gasteiger partial charge is 0.493 e. The minimum absolute atomic E-state index is 0.0378. The van der Waals surface area contributed by atoms with Gasteiger partial charge in [-0.3, -0.25) is 4.79 Å². The van der Waals surface area contributed by atoms with Gasteiger partial charge in [-0.05, 0) is 42.0 Å². The fraction of sp³-hybridized carbons (Fsp3) is 0.158. The number of alkyl halides is 3. The lowest BCUT2D eigenvalue weighted by Crippen LogP contribution is -2.11. The van der Waals surface area contributed by atoms with Crippen LogP contribution in [0.5, 0.6) is 11.5 Å². The van der Waals surface area contributed by atoms with Gasteiger partial charge in [0, 0.05) is 11.8 Å². The molecule has 146 valence electrons. The summed E-state index contributed by atoms with van der Waals surface area (Å²) in [5.41, 5.74) is -0.485. The predicted octanol–water partition coefficient (Wildman–Crippen LogP) is 4.92. The molecule has 0 saturated heterocycles. The summed E-state index contributed by atoms with van der Waals surface area (Å²) in [6, 6.07) is 9.72. The van der Waals surface area contributed by atoms with E-state index >= 15 is 0 Å². The molecular formula is C19H14ClF3N2O3.